The second-order valence-corrected chi connectivity index (χ2v) is 4.10. The quantitative estimate of drug-likeness (QED) is 0.440. The van der Waals surface area contributed by atoms with E-state index in [2.05, 4.69) is 24.0 Å². The molecule has 0 spiro atoms. The summed E-state index contributed by atoms with van der Waals surface area (Å²) >= 11 is 0. The number of halogens is 10. The van der Waals surface area contributed by atoms with Gasteiger partial charge in [0.1, 0.15) is 12.4 Å². The average molecular weight is 363 g/mol. The van der Waals surface area contributed by atoms with Crippen molar-refractivity contribution in [1.29, 1.82) is 0 Å². The van der Waals surface area contributed by atoms with E-state index in [0.29, 0.717) is 0 Å². The fourth-order valence-corrected chi connectivity index (χ4v) is 0.992. The molecule has 1 aromatic heterocycles. The summed E-state index contributed by atoms with van der Waals surface area (Å²) in [5.41, 5.74) is 0. The summed E-state index contributed by atoms with van der Waals surface area (Å²) in [4.78, 5) is 0. The Morgan fingerprint density at radius 3 is 1.43 bits per heavy atom. The minimum atomic E-state index is -6.61. The zero-order chi connectivity index (χ0) is 18.7. The second kappa shape index (κ2) is 6.93. The van der Waals surface area contributed by atoms with Gasteiger partial charge in [0.15, 0.2) is 0 Å². The van der Waals surface area contributed by atoms with Crippen molar-refractivity contribution in [1.82, 2.24) is 4.57 Å². The molecule has 0 N–H and O–H groups in total. The molecule has 13 heteroatoms. The van der Waals surface area contributed by atoms with Crippen molar-refractivity contribution in [3.05, 3.63) is 24.0 Å². The van der Waals surface area contributed by atoms with E-state index in [-0.39, 0.29) is 5.32 Å². The van der Waals surface area contributed by atoms with Crippen LogP contribution in [0.15, 0.2) is 18.7 Å². The lowest BCUT2D eigenvalue weighted by Gasteiger charge is -2.39. The van der Waals surface area contributed by atoms with Crippen molar-refractivity contribution >= 4 is 0 Å². The molecule has 1 heterocycles. The Morgan fingerprint density at radius 1 is 0.870 bits per heavy atom. The van der Waals surface area contributed by atoms with Crippen LogP contribution in [0.1, 0.15) is 6.92 Å². The molecule has 3 nitrogen and oxygen atoms in total. The van der Waals surface area contributed by atoms with Gasteiger partial charge in [0.05, 0.1) is 13.6 Å². The summed E-state index contributed by atoms with van der Waals surface area (Å²) in [5.74, 6) is 0. The molecule has 23 heavy (non-hydrogen) atoms. The van der Waals surface area contributed by atoms with Crippen LogP contribution < -0.4 is 4.57 Å². The molecule has 0 bridgehead atoms. The molecule has 0 saturated carbocycles. The van der Waals surface area contributed by atoms with Gasteiger partial charge in [-0.15, -0.1) is 0 Å². The second-order valence-electron chi connectivity index (χ2n) is 4.10. The zero-order valence-corrected chi connectivity index (χ0v) is 11.6. The molecule has 136 valence electrons. The minimum absolute atomic E-state index is 0.167. The minimum Gasteiger partial charge on any atom is -0.522 e. The molecule has 1 rings (SSSR count). The van der Waals surface area contributed by atoms with Crippen LogP contribution in [0.3, 0.4) is 0 Å². The molecule has 0 saturated heterocycles. The van der Waals surface area contributed by atoms with Crippen molar-refractivity contribution in [2.24, 2.45) is 7.05 Å². The maximum absolute atomic E-state index is 11.7. The zero-order valence-electron chi connectivity index (χ0n) is 11.6. The van der Waals surface area contributed by atoms with Crippen LogP contribution in [0.2, 0.25) is 0 Å². The molecule has 0 aliphatic carbocycles. The third-order valence-corrected chi connectivity index (χ3v) is 2.15. The monoisotopic (exact) mass is 363 g/mol. The van der Waals surface area contributed by atoms with Gasteiger partial charge in [-0.3, -0.25) is 0 Å². The third kappa shape index (κ3) is 6.23. The van der Waals surface area contributed by atoms with E-state index in [1.807, 2.05) is 17.8 Å². The smallest absolute Gasteiger partial charge is 0.433 e. The molecule has 0 radical (unpaired) electrons. The summed E-state index contributed by atoms with van der Waals surface area (Å²) in [7, 11) is 2.02. The number of aromatic nitrogens is 2. The van der Waals surface area contributed by atoms with Crippen molar-refractivity contribution in [2.45, 2.75) is 37.9 Å². The molecule has 1 aromatic rings. The predicted octanol–water partition coefficient (Wildman–Crippen LogP) is 4.00. The average Bonchev–Trinajstić information content (AvgIpc) is 2.71. The highest BCUT2D eigenvalue weighted by molar-refractivity contribution is 5.06. The molecular formula is C10H11F10N3. The lowest BCUT2D eigenvalue weighted by Crippen LogP contribution is -2.45. The highest BCUT2D eigenvalue weighted by Crippen LogP contribution is 2.49. The number of hydrogen-bond donors (Lipinski definition) is 0. The summed E-state index contributed by atoms with van der Waals surface area (Å²) in [6, 6.07) is -12.9. The van der Waals surface area contributed by atoms with Gasteiger partial charge in [-0.25, -0.2) is 26.7 Å². The number of aryl methyl sites for hydroxylation is 2. The summed E-state index contributed by atoms with van der Waals surface area (Å²) in [5, 5.41) is 0.167. The molecule has 0 aliphatic rings. The topological polar surface area (TPSA) is 22.9 Å². The van der Waals surface area contributed by atoms with Gasteiger partial charge in [-0.1, -0.05) is 0 Å². The third-order valence-electron chi connectivity index (χ3n) is 2.15. The highest BCUT2D eigenvalue weighted by atomic mass is 19.4. The van der Waals surface area contributed by atoms with Gasteiger partial charge in [-0.05, 0) is 6.92 Å². The van der Waals surface area contributed by atoms with Crippen molar-refractivity contribution in [3.63, 3.8) is 0 Å². The first-order chi connectivity index (χ1) is 10.0. The number of rotatable bonds is 3. The van der Waals surface area contributed by atoms with Crippen molar-refractivity contribution in [3.8, 4) is 0 Å². The first-order valence-electron chi connectivity index (χ1n) is 5.67. The van der Waals surface area contributed by atoms with Crippen LogP contribution in [-0.4, -0.2) is 29.0 Å². The highest BCUT2D eigenvalue weighted by Gasteiger charge is 2.59. The van der Waals surface area contributed by atoms with Crippen LogP contribution in [0, 0.1) is 0 Å². The van der Waals surface area contributed by atoms with Crippen LogP contribution in [-0.2, 0) is 13.6 Å². The Balaban J connectivity index is 0.000000502. The Labute approximate surface area is 123 Å². The Hall–Kier alpha value is -1.53. The first-order valence-corrected chi connectivity index (χ1v) is 5.67. The molecule has 0 fully saturated rings. The predicted molar refractivity (Wildman–Crippen MR) is 56.6 cm³/mol. The lowest BCUT2D eigenvalue weighted by molar-refractivity contribution is -0.671. The molecule has 0 aromatic carbocycles. The lowest BCUT2D eigenvalue weighted by atomic mass is 10.4. The summed E-state index contributed by atoms with van der Waals surface area (Å²) in [6.07, 6.45) is -7.08. The van der Waals surface area contributed by atoms with Gasteiger partial charge < -0.3 is 5.32 Å². The fourth-order valence-electron chi connectivity index (χ4n) is 0.992. The van der Waals surface area contributed by atoms with Crippen LogP contribution in [0.25, 0.3) is 5.32 Å². The molecular weight excluding hydrogens is 352 g/mol. The maximum Gasteiger partial charge on any atom is 0.433 e. The first kappa shape index (κ1) is 21.5. The van der Waals surface area contributed by atoms with Gasteiger partial charge in [0.25, 0.3) is 12.1 Å². The Kier molecular flexibility index (Phi) is 6.47. The van der Waals surface area contributed by atoms with Crippen LogP contribution in [0.4, 0.5) is 43.9 Å². The Morgan fingerprint density at radius 2 is 1.26 bits per heavy atom. The Bertz CT molecular complexity index is 464. The molecule has 0 aliphatic heterocycles. The summed E-state index contributed by atoms with van der Waals surface area (Å²) in [6.45, 7) is 3.18. The van der Waals surface area contributed by atoms with Crippen LogP contribution >= 0.6 is 0 Å². The number of nitrogens with zero attached hydrogens (tertiary/aromatic N) is 3. The molecule has 0 amide bonds. The van der Waals surface area contributed by atoms with E-state index in [9.17, 15) is 43.9 Å². The van der Waals surface area contributed by atoms with E-state index in [1.54, 1.807) is 0 Å². The standard InChI is InChI=1S/C6H11N2.C4F10N/c1-3-8-5-4-7(2)6-8;5-1(6,7)3(11,12)15-4(13,14)2(8,9)10/h4-6H,3H2,1-2H3;/q+1;-1. The number of hydrogen-bond acceptors (Lipinski definition) is 0. The number of alkyl halides is 10. The largest absolute Gasteiger partial charge is 0.522 e. The van der Waals surface area contributed by atoms with E-state index >= 15 is 0 Å². The molecule has 0 unspecified atom stereocenters. The van der Waals surface area contributed by atoms with Gasteiger partial charge >= 0.3 is 12.4 Å². The molecule has 0 atom stereocenters. The SMILES string of the molecule is CCn1cc[n+](C)c1.FC(F)(F)C(F)(F)[N-]C(F)(F)C(F)(F)F. The van der Waals surface area contributed by atoms with E-state index in [0.717, 1.165) is 6.54 Å². The van der Waals surface area contributed by atoms with Crippen molar-refractivity contribution < 1.29 is 48.5 Å². The van der Waals surface area contributed by atoms with Gasteiger partial charge in [0.2, 0.25) is 6.33 Å². The normalized spacial score (nSPS) is 13.6. The van der Waals surface area contributed by atoms with E-state index < -0.39 is 24.4 Å². The number of imidazole rings is 1. The van der Waals surface area contributed by atoms with Gasteiger partial charge in [-0.2, -0.15) is 26.3 Å². The fraction of sp³-hybridized carbons (Fsp3) is 0.700. The summed E-state index contributed by atoms with van der Waals surface area (Å²) < 4.78 is 118. The van der Waals surface area contributed by atoms with Gasteiger partial charge in [0, 0.05) is 0 Å². The van der Waals surface area contributed by atoms with E-state index in [4.69, 9.17) is 0 Å². The van der Waals surface area contributed by atoms with Crippen molar-refractivity contribution in [2.75, 3.05) is 0 Å². The van der Waals surface area contributed by atoms with Crippen LogP contribution in [0.5, 0.6) is 0 Å². The van der Waals surface area contributed by atoms with E-state index in [1.165, 1.54) is 0 Å². The maximum atomic E-state index is 11.7.